The quantitative estimate of drug-likeness (QED) is 0.593. The van der Waals surface area contributed by atoms with Crippen molar-refractivity contribution in [2.75, 3.05) is 6.54 Å². The number of aromatic hydroxyl groups is 1. The second-order valence-corrected chi connectivity index (χ2v) is 6.27. The Hall–Kier alpha value is -3.34. The van der Waals surface area contributed by atoms with Gasteiger partial charge < -0.3 is 15.0 Å². The maximum atomic E-state index is 12.5. The summed E-state index contributed by atoms with van der Waals surface area (Å²) in [6.45, 7) is 3.02. The number of hydrogen-bond acceptors (Lipinski definition) is 3. The lowest BCUT2D eigenvalue weighted by Crippen LogP contribution is -2.27. The average molecular weight is 345 g/mol. The zero-order valence-electron chi connectivity index (χ0n) is 14.4. The molecule has 5 nitrogen and oxygen atoms in total. The fourth-order valence-corrected chi connectivity index (χ4v) is 3.26. The summed E-state index contributed by atoms with van der Waals surface area (Å²) in [4.78, 5) is 17.0. The van der Waals surface area contributed by atoms with Gasteiger partial charge in [-0.15, -0.1) is 0 Å². The molecule has 0 bridgehead atoms. The van der Waals surface area contributed by atoms with Crippen LogP contribution in [0.2, 0.25) is 0 Å². The highest BCUT2D eigenvalue weighted by atomic mass is 16.3. The van der Waals surface area contributed by atoms with Crippen LogP contribution in [0, 0.1) is 6.92 Å². The van der Waals surface area contributed by atoms with Crippen LogP contribution in [0.5, 0.6) is 5.75 Å². The lowest BCUT2D eigenvalue weighted by Gasteiger charge is -2.10. The lowest BCUT2D eigenvalue weighted by molar-refractivity contribution is 0.0950. The van der Waals surface area contributed by atoms with E-state index >= 15 is 0 Å². The number of nitrogens with one attached hydrogen (secondary N) is 1. The molecular weight excluding hydrogens is 326 g/mol. The number of phenols is 1. The summed E-state index contributed by atoms with van der Waals surface area (Å²) in [7, 11) is 0. The highest BCUT2D eigenvalue weighted by molar-refractivity contribution is 6.01. The Bertz CT molecular complexity index is 1110. The van der Waals surface area contributed by atoms with E-state index in [1.54, 1.807) is 12.1 Å². The van der Waals surface area contributed by atoms with Crippen molar-refractivity contribution in [2.24, 2.45) is 0 Å². The molecular formula is C21H19N3O2. The van der Waals surface area contributed by atoms with E-state index in [-0.39, 0.29) is 17.2 Å². The van der Waals surface area contributed by atoms with Crippen LogP contribution in [0.4, 0.5) is 0 Å². The Labute approximate surface area is 150 Å². The highest BCUT2D eigenvalue weighted by Crippen LogP contribution is 2.24. The molecule has 0 atom stereocenters. The van der Waals surface area contributed by atoms with Gasteiger partial charge in [0.15, 0.2) is 0 Å². The number of fused-ring (bicyclic) bond motifs is 2. The third kappa shape index (κ3) is 2.88. The smallest absolute Gasteiger partial charge is 0.255 e. The molecule has 26 heavy (non-hydrogen) atoms. The normalized spacial score (nSPS) is 11.1. The summed E-state index contributed by atoms with van der Waals surface area (Å²) in [5, 5.41) is 14.9. The molecule has 130 valence electrons. The van der Waals surface area contributed by atoms with E-state index in [0.717, 1.165) is 27.6 Å². The van der Waals surface area contributed by atoms with E-state index in [1.807, 2.05) is 55.5 Å². The minimum atomic E-state index is -0.282. The monoisotopic (exact) mass is 345 g/mol. The number of phenolic OH excluding ortho intramolecular Hbond substituents is 1. The number of amides is 1. The van der Waals surface area contributed by atoms with Gasteiger partial charge in [-0.1, -0.05) is 36.4 Å². The Morgan fingerprint density at radius 1 is 1.08 bits per heavy atom. The Morgan fingerprint density at radius 2 is 1.77 bits per heavy atom. The van der Waals surface area contributed by atoms with Gasteiger partial charge in [-0.2, -0.15) is 0 Å². The minimum absolute atomic E-state index is 0.00883. The maximum absolute atomic E-state index is 12.5. The molecule has 1 heterocycles. The topological polar surface area (TPSA) is 67.2 Å². The number of aryl methyl sites for hydroxylation is 1. The van der Waals surface area contributed by atoms with Gasteiger partial charge in [0.25, 0.3) is 5.91 Å². The molecule has 4 rings (SSSR count). The van der Waals surface area contributed by atoms with Crippen LogP contribution in [-0.4, -0.2) is 27.1 Å². The molecule has 0 aliphatic heterocycles. The Morgan fingerprint density at radius 3 is 2.58 bits per heavy atom. The Kier molecular flexibility index (Phi) is 4.05. The number of imidazole rings is 1. The van der Waals surface area contributed by atoms with Crippen molar-refractivity contribution >= 4 is 27.7 Å². The number of rotatable bonds is 4. The molecule has 5 heteroatoms. The van der Waals surface area contributed by atoms with E-state index < -0.39 is 0 Å². The zero-order valence-corrected chi connectivity index (χ0v) is 14.4. The number of carbonyl (C=O) groups is 1. The number of nitrogens with zero attached hydrogens (tertiary/aromatic N) is 2. The number of para-hydroxylation sites is 2. The van der Waals surface area contributed by atoms with Gasteiger partial charge in [0.2, 0.25) is 0 Å². The van der Waals surface area contributed by atoms with Gasteiger partial charge in [-0.3, -0.25) is 4.79 Å². The van der Waals surface area contributed by atoms with E-state index in [2.05, 4.69) is 14.9 Å². The molecule has 2 N–H and O–H groups in total. The molecule has 0 aliphatic rings. The van der Waals surface area contributed by atoms with E-state index in [0.29, 0.717) is 13.1 Å². The van der Waals surface area contributed by atoms with Crippen molar-refractivity contribution in [3.05, 3.63) is 72.1 Å². The second kappa shape index (κ2) is 6.52. The molecule has 0 spiro atoms. The summed E-state index contributed by atoms with van der Waals surface area (Å²) >= 11 is 0. The molecule has 0 saturated heterocycles. The third-order valence-electron chi connectivity index (χ3n) is 4.58. The number of hydrogen-bond donors (Lipinski definition) is 2. The first kappa shape index (κ1) is 16.1. The van der Waals surface area contributed by atoms with Crippen molar-refractivity contribution in [1.29, 1.82) is 0 Å². The largest absolute Gasteiger partial charge is 0.507 e. The molecule has 1 aromatic heterocycles. The second-order valence-electron chi connectivity index (χ2n) is 6.27. The summed E-state index contributed by atoms with van der Waals surface area (Å²) in [6.07, 6.45) is 0. The van der Waals surface area contributed by atoms with Gasteiger partial charge in [0.05, 0.1) is 16.6 Å². The van der Waals surface area contributed by atoms with Crippen LogP contribution in [0.3, 0.4) is 0 Å². The van der Waals surface area contributed by atoms with E-state index in [9.17, 15) is 9.90 Å². The maximum Gasteiger partial charge on any atom is 0.255 e. The van der Waals surface area contributed by atoms with Gasteiger partial charge in [-0.05, 0) is 42.0 Å². The molecule has 4 aromatic rings. The number of carbonyl (C=O) groups excluding carboxylic acids is 1. The molecule has 0 saturated carbocycles. The van der Waals surface area contributed by atoms with Gasteiger partial charge in [-0.25, -0.2) is 4.98 Å². The number of benzene rings is 3. The zero-order chi connectivity index (χ0) is 18.1. The SMILES string of the molecule is Cc1nc2ccccc2n1CCNC(=O)c1cc2ccccc2cc1O. The summed E-state index contributed by atoms with van der Waals surface area (Å²) in [5.41, 5.74) is 2.28. The predicted molar refractivity (Wildman–Crippen MR) is 102 cm³/mol. The molecule has 0 radical (unpaired) electrons. The van der Waals surface area contributed by atoms with Crippen LogP contribution < -0.4 is 5.32 Å². The highest BCUT2D eigenvalue weighted by Gasteiger charge is 2.13. The molecule has 0 aliphatic carbocycles. The average Bonchev–Trinajstić information content (AvgIpc) is 2.96. The van der Waals surface area contributed by atoms with E-state index in [4.69, 9.17) is 0 Å². The van der Waals surface area contributed by atoms with Crippen LogP contribution in [0.1, 0.15) is 16.2 Å². The van der Waals surface area contributed by atoms with Crippen LogP contribution in [-0.2, 0) is 6.54 Å². The van der Waals surface area contributed by atoms with Crippen LogP contribution in [0.25, 0.3) is 21.8 Å². The first-order valence-electron chi connectivity index (χ1n) is 8.55. The van der Waals surface area contributed by atoms with Gasteiger partial charge >= 0.3 is 0 Å². The van der Waals surface area contributed by atoms with Crippen LogP contribution in [0.15, 0.2) is 60.7 Å². The lowest BCUT2D eigenvalue weighted by atomic mass is 10.1. The van der Waals surface area contributed by atoms with Crippen molar-refractivity contribution in [2.45, 2.75) is 13.5 Å². The van der Waals surface area contributed by atoms with Gasteiger partial charge in [0, 0.05) is 13.1 Å². The third-order valence-corrected chi connectivity index (χ3v) is 4.58. The fraction of sp³-hybridized carbons (Fsp3) is 0.143. The Balaban J connectivity index is 1.50. The minimum Gasteiger partial charge on any atom is -0.507 e. The summed E-state index contributed by atoms with van der Waals surface area (Å²) < 4.78 is 2.08. The first-order chi connectivity index (χ1) is 12.6. The fourth-order valence-electron chi connectivity index (χ4n) is 3.26. The van der Waals surface area contributed by atoms with Crippen LogP contribution >= 0.6 is 0 Å². The van der Waals surface area contributed by atoms with Crippen molar-refractivity contribution < 1.29 is 9.90 Å². The standard InChI is InChI=1S/C21H19N3O2/c1-14-23-18-8-4-5-9-19(18)24(14)11-10-22-21(26)17-12-15-6-2-3-7-16(15)13-20(17)25/h2-9,12-13,25H,10-11H2,1H3,(H,22,26). The molecule has 0 unspecified atom stereocenters. The van der Waals surface area contributed by atoms with Gasteiger partial charge in [0.1, 0.15) is 11.6 Å². The number of aromatic nitrogens is 2. The summed E-state index contributed by atoms with van der Waals surface area (Å²) in [6, 6.07) is 18.9. The summed E-state index contributed by atoms with van der Waals surface area (Å²) in [5.74, 6) is 0.620. The van der Waals surface area contributed by atoms with Crippen molar-refractivity contribution in [3.8, 4) is 5.75 Å². The molecule has 1 amide bonds. The first-order valence-corrected chi connectivity index (χ1v) is 8.55. The molecule has 3 aromatic carbocycles. The van der Waals surface area contributed by atoms with Crippen molar-refractivity contribution in [3.63, 3.8) is 0 Å². The predicted octanol–water partition coefficient (Wildman–Crippen LogP) is 3.63. The molecule has 0 fully saturated rings. The van der Waals surface area contributed by atoms with Crippen molar-refractivity contribution in [1.82, 2.24) is 14.9 Å². The van der Waals surface area contributed by atoms with E-state index in [1.165, 1.54) is 0 Å².